The molecule has 0 aromatic heterocycles. The average molecular weight is 587 g/mol. The van der Waals surface area contributed by atoms with Crippen molar-refractivity contribution in [3.63, 3.8) is 0 Å². The van der Waals surface area contributed by atoms with E-state index in [1.54, 1.807) is 24.3 Å². The van der Waals surface area contributed by atoms with Gasteiger partial charge in [0.25, 0.3) is 0 Å². The molecule has 5 heteroatoms. The van der Waals surface area contributed by atoms with Crippen molar-refractivity contribution in [2.75, 3.05) is 0 Å². The number of rotatable bonds is 9. The lowest BCUT2D eigenvalue weighted by molar-refractivity contribution is -0.324. The van der Waals surface area contributed by atoms with Gasteiger partial charge in [-0.1, -0.05) is 79.1 Å². The van der Waals surface area contributed by atoms with Gasteiger partial charge in [-0.3, -0.25) is 14.4 Å². The van der Waals surface area contributed by atoms with Crippen molar-refractivity contribution in [1.29, 1.82) is 0 Å². The summed E-state index contributed by atoms with van der Waals surface area (Å²) >= 11 is 0. The number of hydrogen-bond acceptors (Lipinski definition) is 5. The number of Topliss-reactive ketones (excluding diaryl/α,β-unsaturated/α-hetero) is 3. The monoisotopic (exact) mass is 586 g/mol. The fourth-order valence-electron chi connectivity index (χ4n) is 9.50. The van der Waals surface area contributed by atoms with Gasteiger partial charge in [0.05, 0.1) is 16.4 Å². The van der Waals surface area contributed by atoms with Crippen LogP contribution in [0.5, 0.6) is 0 Å². The topological polar surface area (TPSA) is 80.7 Å². The Bertz CT molecular complexity index is 1440. The van der Waals surface area contributed by atoms with Crippen LogP contribution in [0.2, 0.25) is 0 Å². The molecule has 6 bridgehead atoms. The Labute approximate surface area is 257 Å². The molecule has 1 aliphatic heterocycles. The van der Waals surface area contributed by atoms with Gasteiger partial charge >= 0.3 is 0 Å². The first-order valence-electron chi connectivity index (χ1n) is 16.0. The molecule has 4 saturated carbocycles. The van der Waals surface area contributed by atoms with E-state index in [-0.39, 0.29) is 24.7 Å². The zero-order valence-electron chi connectivity index (χ0n) is 27.6. The Morgan fingerprint density at radius 1 is 0.907 bits per heavy atom. The number of allylic oxidation sites excluding steroid dienone is 6. The van der Waals surface area contributed by atoms with Gasteiger partial charge in [0.2, 0.25) is 0 Å². The van der Waals surface area contributed by atoms with E-state index in [4.69, 9.17) is 4.74 Å². The van der Waals surface area contributed by atoms with Crippen LogP contribution in [0.4, 0.5) is 0 Å². The molecule has 0 radical (unpaired) electrons. The lowest BCUT2D eigenvalue weighted by Crippen LogP contribution is -2.80. The average Bonchev–Trinajstić information content (AvgIpc) is 3.01. The Balaban J connectivity index is 1.83. The summed E-state index contributed by atoms with van der Waals surface area (Å²) in [5, 5.41) is 13.2. The van der Waals surface area contributed by atoms with Crippen molar-refractivity contribution in [2.45, 2.75) is 112 Å². The number of carbonyl (C=O) groups is 3. The highest BCUT2D eigenvalue weighted by Gasteiger charge is 2.92. The Morgan fingerprint density at radius 2 is 1.53 bits per heavy atom. The van der Waals surface area contributed by atoms with Gasteiger partial charge in [-0.05, 0) is 98.3 Å². The molecule has 1 aromatic rings. The standard InChI is InChI=1S/C38H50O5/c1-24(2)14-13-15-26(5)19-20-35-23-28-22-29-34(8,9)43-38(35,42)36(29,21-18-25(3)4)32(41)37(31(35)40,33(28,6)7)30(39)27-16-11-10-12-17-27/h10-12,14,16-19,28-29,42H,13,15,20-23H2,1-9H3/b26-19+/t28-,29+,35+,36-,37-,38+/m1/s1. The molecule has 1 heterocycles. The van der Waals surface area contributed by atoms with Gasteiger partial charge in [0, 0.05) is 11.5 Å². The summed E-state index contributed by atoms with van der Waals surface area (Å²) in [5.41, 5.74) is -2.89. The number of ether oxygens (including phenoxy) is 1. The van der Waals surface area contributed by atoms with Crippen molar-refractivity contribution < 1.29 is 24.2 Å². The number of hydrogen-bond donors (Lipinski definition) is 1. The highest BCUT2D eigenvalue weighted by Crippen LogP contribution is 2.80. The summed E-state index contributed by atoms with van der Waals surface area (Å²) in [7, 11) is 0. The predicted octanol–water partition coefficient (Wildman–Crippen LogP) is 7.98. The van der Waals surface area contributed by atoms with Crippen LogP contribution in [0.15, 0.2) is 65.3 Å². The van der Waals surface area contributed by atoms with Crippen molar-refractivity contribution in [2.24, 2.45) is 33.5 Å². The van der Waals surface area contributed by atoms with Crippen molar-refractivity contribution in [3.05, 3.63) is 70.8 Å². The Kier molecular flexibility index (Phi) is 7.54. The van der Waals surface area contributed by atoms with Crippen molar-refractivity contribution in [3.8, 4) is 0 Å². The second kappa shape index (κ2) is 10.2. The highest BCUT2D eigenvalue weighted by molar-refractivity contribution is 6.34. The zero-order chi connectivity index (χ0) is 31.8. The number of benzene rings is 1. The molecule has 1 N–H and O–H groups in total. The summed E-state index contributed by atoms with van der Waals surface area (Å²) < 4.78 is 6.73. The van der Waals surface area contributed by atoms with Crippen LogP contribution >= 0.6 is 0 Å². The summed E-state index contributed by atoms with van der Waals surface area (Å²) in [5.74, 6) is -3.88. The first-order valence-corrected chi connectivity index (χ1v) is 16.0. The summed E-state index contributed by atoms with van der Waals surface area (Å²) in [6.45, 7) is 18.0. The fourth-order valence-corrected chi connectivity index (χ4v) is 9.50. The quantitative estimate of drug-likeness (QED) is 0.180. The van der Waals surface area contributed by atoms with E-state index in [0.717, 1.165) is 24.0 Å². The van der Waals surface area contributed by atoms with Crippen molar-refractivity contribution in [1.82, 2.24) is 0 Å². The van der Waals surface area contributed by atoms with Crippen LogP contribution in [0.3, 0.4) is 0 Å². The largest absolute Gasteiger partial charge is 0.364 e. The predicted molar refractivity (Wildman–Crippen MR) is 169 cm³/mol. The van der Waals surface area contributed by atoms with Gasteiger partial charge in [-0.2, -0.15) is 0 Å². The van der Waals surface area contributed by atoms with Crippen LogP contribution in [0, 0.1) is 33.5 Å². The zero-order valence-corrected chi connectivity index (χ0v) is 27.6. The van der Waals surface area contributed by atoms with Crippen LogP contribution in [-0.2, 0) is 14.3 Å². The minimum atomic E-state index is -2.04. The van der Waals surface area contributed by atoms with E-state index in [2.05, 4.69) is 32.9 Å². The Morgan fingerprint density at radius 3 is 2.14 bits per heavy atom. The third kappa shape index (κ3) is 3.99. The molecular formula is C38H50O5. The molecule has 232 valence electrons. The molecule has 5 aliphatic rings. The summed E-state index contributed by atoms with van der Waals surface area (Å²) in [6, 6.07) is 8.80. The van der Waals surface area contributed by atoms with E-state index >= 15 is 9.59 Å². The molecule has 1 saturated heterocycles. The van der Waals surface area contributed by atoms with Crippen LogP contribution in [-0.4, -0.2) is 33.8 Å². The van der Waals surface area contributed by atoms with Crippen LogP contribution < -0.4 is 0 Å². The fraction of sp³-hybridized carbons (Fsp3) is 0.605. The molecule has 6 rings (SSSR count). The minimum Gasteiger partial charge on any atom is -0.364 e. The van der Waals surface area contributed by atoms with Gasteiger partial charge in [0.15, 0.2) is 28.6 Å². The highest BCUT2D eigenvalue weighted by atomic mass is 16.7. The molecule has 0 spiro atoms. The summed E-state index contributed by atoms with van der Waals surface area (Å²) in [4.78, 5) is 46.0. The maximum absolute atomic E-state index is 15.6. The van der Waals surface area contributed by atoms with Crippen LogP contribution in [0.25, 0.3) is 0 Å². The first-order chi connectivity index (χ1) is 20.0. The van der Waals surface area contributed by atoms with E-state index in [1.807, 2.05) is 53.7 Å². The SMILES string of the molecule is CC(C)=CCC/C(C)=C/C[C@@]12C[C@H]3C[C@H]4C(C)(C)O[C@]1(O)[C@@]4(CC=C(C)C)C(=O)[C@@](C(=O)c1ccccc1)(C2=O)C3(C)C. The van der Waals surface area contributed by atoms with E-state index < -0.39 is 50.4 Å². The number of ketones is 3. The van der Waals surface area contributed by atoms with Gasteiger partial charge in [-0.15, -0.1) is 0 Å². The molecule has 5 fully saturated rings. The molecule has 4 aliphatic carbocycles. The molecule has 1 aromatic carbocycles. The maximum atomic E-state index is 15.6. The smallest absolute Gasteiger partial charge is 0.192 e. The second-order valence-corrected chi connectivity index (χ2v) is 15.5. The van der Waals surface area contributed by atoms with Crippen LogP contribution in [0.1, 0.15) is 111 Å². The van der Waals surface area contributed by atoms with Gasteiger partial charge < -0.3 is 9.84 Å². The third-order valence-electron chi connectivity index (χ3n) is 11.8. The third-order valence-corrected chi connectivity index (χ3v) is 11.8. The summed E-state index contributed by atoms with van der Waals surface area (Å²) in [6.07, 6.45) is 9.42. The van der Waals surface area contributed by atoms with Crippen molar-refractivity contribution >= 4 is 17.3 Å². The Hall–Kier alpha value is -2.63. The van der Waals surface area contributed by atoms with Gasteiger partial charge in [-0.25, -0.2) is 0 Å². The van der Waals surface area contributed by atoms with Gasteiger partial charge in [0.1, 0.15) is 0 Å². The van der Waals surface area contributed by atoms with E-state index in [1.165, 1.54) is 5.57 Å². The maximum Gasteiger partial charge on any atom is 0.192 e. The molecule has 6 atom stereocenters. The van der Waals surface area contributed by atoms with E-state index in [0.29, 0.717) is 18.4 Å². The number of carbonyl (C=O) groups excluding carboxylic acids is 3. The normalized spacial score (nSPS) is 36.8. The molecule has 0 unspecified atom stereocenters. The minimum absolute atomic E-state index is 0.142. The van der Waals surface area contributed by atoms with E-state index in [9.17, 15) is 9.90 Å². The molecule has 43 heavy (non-hydrogen) atoms. The first kappa shape index (κ1) is 31.8. The molecular weight excluding hydrogens is 536 g/mol. The number of aliphatic hydroxyl groups is 1. The molecule has 0 amide bonds. The second-order valence-electron chi connectivity index (χ2n) is 15.5. The lowest BCUT2D eigenvalue weighted by Gasteiger charge is -2.65. The molecule has 5 nitrogen and oxygen atoms in total. The lowest BCUT2D eigenvalue weighted by atomic mass is 9.35.